The number of halogens is 3. The average Bonchev–Trinajstić information content (AvgIpc) is 2.77. The maximum atomic E-state index is 12.7. The van der Waals surface area contributed by atoms with Gasteiger partial charge in [0.05, 0.1) is 18.8 Å². The number of likely N-dealkylation sites (N-methyl/N-ethyl adjacent to an activating group) is 1. The van der Waals surface area contributed by atoms with Crippen molar-refractivity contribution >= 4 is 6.03 Å². The van der Waals surface area contributed by atoms with Gasteiger partial charge in [-0.25, -0.2) is 4.79 Å². The number of amides is 2. The first-order valence-electron chi connectivity index (χ1n) is 11.5. The van der Waals surface area contributed by atoms with Gasteiger partial charge in [-0.1, -0.05) is 18.2 Å². The van der Waals surface area contributed by atoms with Crippen molar-refractivity contribution < 1.29 is 27.4 Å². The third-order valence-corrected chi connectivity index (χ3v) is 6.50. The molecule has 3 rings (SSSR count). The highest BCUT2D eigenvalue weighted by molar-refractivity contribution is 5.74. The monoisotopic (exact) mass is 457 g/mol. The van der Waals surface area contributed by atoms with E-state index in [4.69, 9.17) is 4.74 Å². The molecule has 1 unspecified atom stereocenters. The number of hydrogen-bond donors (Lipinski definition) is 2. The molecule has 0 aromatic heterocycles. The lowest BCUT2D eigenvalue weighted by molar-refractivity contribution is -0.275. The molecule has 1 heterocycles. The second-order valence-corrected chi connectivity index (χ2v) is 8.53. The molecule has 1 saturated carbocycles. The molecule has 1 aromatic rings. The summed E-state index contributed by atoms with van der Waals surface area (Å²) in [6.07, 6.45) is 0.291. The van der Waals surface area contributed by atoms with E-state index in [-0.39, 0.29) is 35.9 Å². The number of piperidine rings is 1. The number of urea groups is 1. The molecule has 0 bridgehead atoms. The van der Waals surface area contributed by atoms with Gasteiger partial charge in [0.15, 0.2) is 0 Å². The molecule has 1 saturated heterocycles. The third-order valence-electron chi connectivity index (χ3n) is 6.50. The van der Waals surface area contributed by atoms with Crippen molar-refractivity contribution in [1.29, 1.82) is 0 Å². The van der Waals surface area contributed by atoms with E-state index in [9.17, 15) is 18.0 Å². The number of ether oxygens (including phenoxy) is 2. The van der Waals surface area contributed by atoms with Crippen LogP contribution >= 0.6 is 0 Å². The van der Waals surface area contributed by atoms with Crippen LogP contribution in [0.15, 0.2) is 24.3 Å². The maximum absolute atomic E-state index is 12.7. The van der Waals surface area contributed by atoms with Crippen molar-refractivity contribution in [3.63, 3.8) is 0 Å². The zero-order valence-corrected chi connectivity index (χ0v) is 18.8. The van der Waals surface area contributed by atoms with Crippen LogP contribution < -0.4 is 15.4 Å². The molecule has 1 aliphatic carbocycles. The molecule has 2 atom stereocenters. The summed E-state index contributed by atoms with van der Waals surface area (Å²) >= 11 is 0. The Kier molecular flexibility index (Phi) is 8.64. The van der Waals surface area contributed by atoms with E-state index in [2.05, 4.69) is 15.4 Å². The average molecular weight is 458 g/mol. The van der Waals surface area contributed by atoms with Gasteiger partial charge in [0.2, 0.25) is 0 Å². The minimum absolute atomic E-state index is 0.0139. The zero-order chi connectivity index (χ0) is 23.1. The second-order valence-electron chi connectivity index (χ2n) is 8.53. The van der Waals surface area contributed by atoms with Gasteiger partial charge in [-0.05, 0) is 70.0 Å². The Morgan fingerprint density at radius 2 is 1.88 bits per heavy atom. The normalized spacial score (nSPS) is 26.6. The zero-order valence-electron chi connectivity index (χ0n) is 18.8. The number of carbonyl (C=O) groups excluding carboxylic acids is 1. The minimum atomic E-state index is -4.70. The van der Waals surface area contributed by atoms with Crippen molar-refractivity contribution in [3.05, 3.63) is 29.8 Å². The number of rotatable bonds is 7. The summed E-state index contributed by atoms with van der Waals surface area (Å²) < 4.78 is 48.7. The number of nitrogens with one attached hydrogen (secondary N) is 2. The highest BCUT2D eigenvalue weighted by Crippen LogP contribution is 2.40. The first kappa shape index (κ1) is 24.6. The maximum Gasteiger partial charge on any atom is 0.573 e. The van der Waals surface area contributed by atoms with E-state index in [1.165, 1.54) is 6.07 Å². The first-order chi connectivity index (χ1) is 15.3. The van der Waals surface area contributed by atoms with Gasteiger partial charge in [-0.15, -0.1) is 13.2 Å². The van der Waals surface area contributed by atoms with Crippen LogP contribution in [-0.2, 0) is 4.74 Å². The topological polar surface area (TPSA) is 62.8 Å². The van der Waals surface area contributed by atoms with Gasteiger partial charge in [0.1, 0.15) is 5.75 Å². The van der Waals surface area contributed by atoms with Crippen molar-refractivity contribution in [2.75, 3.05) is 26.7 Å². The predicted molar refractivity (Wildman–Crippen MR) is 116 cm³/mol. The number of alkyl halides is 3. The SMILES string of the molecule is CCNC(=O)N1CCCC(NC)[C@@H]1CO[C@H]1CC[C@@H](c2ccccc2OC(F)(F)F)CC1. The van der Waals surface area contributed by atoms with Crippen molar-refractivity contribution in [1.82, 2.24) is 15.5 Å². The number of benzene rings is 1. The highest BCUT2D eigenvalue weighted by atomic mass is 19.4. The van der Waals surface area contributed by atoms with Crippen LogP contribution in [0.25, 0.3) is 0 Å². The summed E-state index contributed by atoms with van der Waals surface area (Å²) in [4.78, 5) is 14.4. The van der Waals surface area contributed by atoms with Gasteiger partial charge in [-0.2, -0.15) is 0 Å². The van der Waals surface area contributed by atoms with Gasteiger partial charge in [0.25, 0.3) is 0 Å². The molecule has 2 fully saturated rings. The van der Waals surface area contributed by atoms with Crippen molar-refractivity contribution in [3.8, 4) is 5.75 Å². The summed E-state index contributed by atoms with van der Waals surface area (Å²) in [7, 11) is 1.91. The van der Waals surface area contributed by atoms with E-state index >= 15 is 0 Å². The fraction of sp³-hybridized carbons (Fsp3) is 0.696. The number of para-hydroxylation sites is 1. The standard InChI is InChI=1S/C23H34F3N3O3/c1-3-28-22(30)29-14-6-8-19(27-2)20(29)15-31-17-12-10-16(11-13-17)18-7-4-5-9-21(18)32-23(24,25)26/h4-5,7,9,16-17,19-20,27H,3,6,8,10-15H2,1-2H3,(H,28,30)/t16-,17+,19?,20-/m0/s1. The predicted octanol–water partition coefficient (Wildman–Crippen LogP) is 4.41. The molecule has 2 amide bonds. The molecule has 0 radical (unpaired) electrons. The van der Waals surface area contributed by atoms with Gasteiger partial charge in [-0.3, -0.25) is 0 Å². The van der Waals surface area contributed by atoms with Crippen LogP contribution in [0.3, 0.4) is 0 Å². The Balaban J connectivity index is 1.56. The molecular formula is C23H34F3N3O3. The molecule has 6 nitrogen and oxygen atoms in total. The van der Waals surface area contributed by atoms with Crippen LogP contribution in [0.2, 0.25) is 0 Å². The van der Waals surface area contributed by atoms with E-state index in [1.54, 1.807) is 18.2 Å². The summed E-state index contributed by atoms with van der Waals surface area (Å²) in [5.41, 5.74) is 0.605. The Morgan fingerprint density at radius 1 is 1.16 bits per heavy atom. The van der Waals surface area contributed by atoms with Crippen LogP contribution in [-0.4, -0.2) is 62.2 Å². The highest BCUT2D eigenvalue weighted by Gasteiger charge is 2.36. The molecular weight excluding hydrogens is 423 g/mol. The number of hydrogen-bond acceptors (Lipinski definition) is 4. The van der Waals surface area contributed by atoms with E-state index < -0.39 is 6.36 Å². The fourth-order valence-electron chi connectivity index (χ4n) is 4.92. The summed E-state index contributed by atoms with van der Waals surface area (Å²) in [5, 5.41) is 6.20. The second kappa shape index (κ2) is 11.2. The molecule has 1 aromatic carbocycles. The van der Waals surface area contributed by atoms with Crippen LogP contribution in [0.5, 0.6) is 5.75 Å². The molecule has 180 valence electrons. The van der Waals surface area contributed by atoms with Gasteiger partial charge in [0, 0.05) is 19.1 Å². The molecule has 2 aliphatic rings. The summed E-state index contributed by atoms with van der Waals surface area (Å²) in [5.74, 6) is -0.0963. The lowest BCUT2D eigenvalue weighted by Gasteiger charge is -2.42. The van der Waals surface area contributed by atoms with Crippen LogP contribution in [0.4, 0.5) is 18.0 Å². The van der Waals surface area contributed by atoms with E-state index in [1.807, 2.05) is 18.9 Å². The minimum Gasteiger partial charge on any atom is -0.405 e. The van der Waals surface area contributed by atoms with Crippen molar-refractivity contribution in [2.24, 2.45) is 0 Å². The molecule has 0 spiro atoms. The largest absolute Gasteiger partial charge is 0.573 e. The Morgan fingerprint density at radius 3 is 2.53 bits per heavy atom. The van der Waals surface area contributed by atoms with Gasteiger partial charge >= 0.3 is 12.4 Å². The number of likely N-dealkylation sites (tertiary alicyclic amines) is 1. The quantitative estimate of drug-likeness (QED) is 0.637. The van der Waals surface area contributed by atoms with E-state index in [0.717, 1.165) is 38.5 Å². The molecule has 1 aliphatic heterocycles. The Labute approximate surface area is 187 Å². The number of carbonyl (C=O) groups is 1. The Hall–Kier alpha value is -2.00. The first-order valence-corrected chi connectivity index (χ1v) is 11.5. The Bertz CT molecular complexity index is 739. The van der Waals surface area contributed by atoms with E-state index in [0.29, 0.717) is 25.3 Å². The smallest absolute Gasteiger partial charge is 0.405 e. The lowest BCUT2D eigenvalue weighted by atomic mass is 9.82. The molecule has 9 heteroatoms. The lowest BCUT2D eigenvalue weighted by Crippen LogP contribution is -2.59. The summed E-state index contributed by atoms with van der Waals surface area (Å²) in [6.45, 7) is 3.64. The molecule has 2 N–H and O–H groups in total. The van der Waals surface area contributed by atoms with Crippen LogP contribution in [0, 0.1) is 0 Å². The fourth-order valence-corrected chi connectivity index (χ4v) is 4.92. The number of nitrogens with zero attached hydrogens (tertiary/aromatic N) is 1. The van der Waals surface area contributed by atoms with Crippen LogP contribution in [0.1, 0.15) is 56.9 Å². The third kappa shape index (κ3) is 6.51. The van der Waals surface area contributed by atoms with Gasteiger partial charge < -0.3 is 25.0 Å². The molecule has 32 heavy (non-hydrogen) atoms. The summed E-state index contributed by atoms with van der Waals surface area (Å²) in [6, 6.07) is 6.47. The van der Waals surface area contributed by atoms with Crippen molar-refractivity contribution in [2.45, 2.75) is 75.9 Å².